The molecule has 1 aromatic carbocycles. The number of aryl methyl sites for hydroxylation is 1. The van der Waals surface area contributed by atoms with E-state index in [0.29, 0.717) is 5.39 Å². The van der Waals surface area contributed by atoms with E-state index in [4.69, 9.17) is 0 Å². The van der Waals surface area contributed by atoms with Gasteiger partial charge in [0.15, 0.2) is 5.43 Å². The van der Waals surface area contributed by atoms with Gasteiger partial charge in [0, 0.05) is 33.8 Å². The molecule has 0 amide bonds. The summed E-state index contributed by atoms with van der Waals surface area (Å²) in [6.45, 7) is 0. The highest BCUT2D eigenvalue weighted by atomic mass is 127. The zero-order valence-electron chi connectivity index (χ0n) is 9.64. The summed E-state index contributed by atoms with van der Waals surface area (Å²) in [4.78, 5) is 15.4. The minimum absolute atomic E-state index is 0.0264. The molecule has 5 heteroatoms. The third-order valence-electron chi connectivity index (χ3n) is 2.89. The average molecular weight is 351 g/mol. The SMILES string of the molecule is Cn1nccc1-c1cc(=O)c2cc(I)ccc2[nH]1. The molecule has 90 valence electrons. The van der Waals surface area contributed by atoms with Crippen LogP contribution in [0, 0.1) is 3.57 Å². The molecule has 2 heterocycles. The molecule has 3 rings (SSSR count). The van der Waals surface area contributed by atoms with Crippen LogP contribution in [0.25, 0.3) is 22.3 Å². The van der Waals surface area contributed by atoms with Crippen LogP contribution in [0.4, 0.5) is 0 Å². The van der Waals surface area contributed by atoms with Gasteiger partial charge in [0.25, 0.3) is 0 Å². The Bertz CT molecular complexity index is 788. The van der Waals surface area contributed by atoms with Crippen molar-refractivity contribution >= 4 is 33.5 Å². The van der Waals surface area contributed by atoms with Crippen LogP contribution in [-0.4, -0.2) is 14.8 Å². The van der Waals surface area contributed by atoms with Gasteiger partial charge in [0.05, 0.1) is 11.4 Å². The van der Waals surface area contributed by atoms with Crippen LogP contribution in [-0.2, 0) is 7.05 Å². The molecule has 0 fully saturated rings. The Labute approximate surface area is 117 Å². The third-order valence-corrected chi connectivity index (χ3v) is 3.56. The number of hydrogen-bond donors (Lipinski definition) is 1. The second-order valence-corrected chi connectivity index (χ2v) is 5.32. The van der Waals surface area contributed by atoms with E-state index >= 15 is 0 Å². The Balaban J connectivity index is 2.32. The molecular formula is C13H10IN3O. The number of fused-ring (bicyclic) bond motifs is 1. The van der Waals surface area contributed by atoms with Gasteiger partial charge in [-0.3, -0.25) is 9.48 Å². The van der Waals surface area contributed by atoms with E-state index in [1.54, 1.807) is 16.9 Å². The van der Waals surface area contributed by atoms with Gasteiger partial charge in [-0.1, -0.05) is 0 Å². The van der Waals surface area contributed by atoms with E-state index in [1.807, 2.05) is 31.3 Å². The number of halogens is 1. The first-order valence-electron chi connectivity index (χ1n) is 5.46. The minimum atomic E-state index is 0.0264. The van der Waals surface area contributed by atoms with Crippen molar-refractivity contribution in [1.29, 1.82) is 0 Å². The maximum atomic E-state index is 12.1. The highest BCUT2D eigenvalue weighted by Gasteiger charge is 2.07. The summed E-state index contributed by atoms with van der Waals surface area (Å²) < 4.78 is 2.79. The molecule has 0 aliphatic rings. The predicted molar refractivity (Wildman–Crippen MR) is 79.5 cm³/mol. The third kappa shape index (κ3) is 1.84. The highest BCUT2D eigenvalue weighted by Crippen LogP contribution is 2.18. The Morgan fingerprint density at radius 2 is 2.11 bits per heavy atom. The summed E-state index contributed by atoms with van der Waals surface area (Å²) in [6.07, 6.45) is 1.71. The summed E-state index contributed by atoms with van der Waals surface area (Å²) >= 11 is 2.20. The number of aromatic amines is 1. The summed E-state index contributed by atoms with van der Waals surface area (Å²) in [7, 11) is 1.85. The summed E-state index contributed by atoms with van der Waals surface area (Å²) in [5.41, 5.74) is 2.55. The number of nitrogens with one attached hydrogen (secondary N) is 1. The second-order valence-electron chi connectivity index (χ2n) is 4.08. The van der Waals surface area contributed by atoms with Gasteiger partial charge in [-0.05, 0) is 46.9 Å². The monoisotopic (exact) mass is 351 g/mol. The lowest BCUT2D eigenvalue weighted by molar-refractivity contribution is 0.773. The fraction of sp³-hybridized carbons (Fsp3) is 0.0769. The van der Waals surface area contributed by atoms with Crippen molar-refractivity contribution in [3.8, 4) is 11.4 Å². The molecule has 0 saturated heterocycles. The van der Waals surface area contributed by atoms with E-state index in [9.17, 15) is 4.79 Å². The van der Waals surface area contributed by atoms with Crippen molar-refractivity contribution in [2.75, 3.05) is 0 Å². The summed E-state index contributed by atoms with van der Waals surface area (Å²) in [6, 6.07) is 9.30. The van der Waals surface area contributed by atoms with Gasteiger partial charge in [-0.2, -0.15) is 5.10 Å². The van der Waals surface area contributed by atoms with Gasteiger partial charge in [0.1, 0.15) is 0 Å². The number of pyridine rings is 1. The van der Waals surface area contributed by atoms with E-state index < -0.39 is 0 Å². The van der Waals surface area contributed by atoms with E-state index in [-0.39, 0.29) is 5.43 Å². The maximum absolute atomic E-state index is 12.1. The topological polar surface area (TPSA) is 50.7 Å². The quantitative estimate of drug-likeness (QED) is 0.685. The van der Waals surface area contributed by atoms with E-state index in [2.05, 4.69) is 32.7 Å². The molecule has 0 atom stereocenters. The second kappa shape index (κ2) is 4.24. The largest absolute Gasteiger partial charge is 0.353 e. The Morgan fingerprint density at radius 3 is 2.83 bits per heavy atom. The molecular weight excluding hydrogens is 341 g/mol. The number of benzene rings is 1. The number of rotatable bonds is 1. The Morgan fingerprint density at radius 1 is 1.28 bits per heavy atom. The normalized spacial score (nSPS) is 11.0. The lowest BCUT2D eigenvalue weighted by Crippen LogP contribution is -2.05. The van der Waals surface area contributed by atoms with Gasteiger partial charge in [-0.15, -0.1) is 0 Å². The van der Waals surface area contributed by atoms with Crippen LogP contribution in [0.15, 0.2) is 41.3 Å². The predicted octanol–water partition coefficient (Wildman–Crippen LogP) is 2.53. The van der Waals surface area contributed by atoms with Gasteiger partial charge < -0.3 is 4.98 Å². The zero-order chi connectivity index (χ0) is 12.7. The first kappa shape index (κ1) is 11.5. The molecule has 1 N–H and O–H groups in total. The standard InChI is InChI=1S/C13H10IN3O/c1-17-12(4-5-15-17)11-7-13(18)9-6-8(14)2-3-10(9)16-11/h2-7H,1H3,(H,16,18). The van der Waals surface area contributed by atoms with Crippen LogP contribution in [0.1, 0.15) is 0 Å². The average Bonchev–Trinajstić information content (AvgIpc) is 2.76. The highest BCUT2D eigenvalue weighted by molar-refractivity contribution is 14.1. The van der Waals surface area contributed by atoms with Crippen LogP contribution in [0.2, 0.25) is 0 Å². The first-order valence-corrected chi connectivity index (χ1v) is 6.54. The molecule has 0 aliphatic heterocycles. The van der Waals surface area contributed by atoms with E-state index in [1.165, 1.54) is 0 Å². The van der Waals surface area contributed by atoms with Crippen molar-refractivity contribution in [3.63, 3.8) is 0 Å². The minimum Gasteiger partial charge on any atom is -0.353 e. The molecule has 3 aromatic rings. The van der Waals surface area contributed by atoms with Crippen LogP contribution in [0.3, 0.4) is 0 Å². The molecule has 4 nitrogen and oxygen atoms in total. The molecule has 0 saturated carbocycles. The summed E-state index contributed by atoms with van der Waals surface area (Å²) in [5, 5.41) is 4.83. The van der Waals surface area contributed by atoms with Gasteiger partial charge in [-0.25, -0.2) is 0 Å². The van der Waals surface area contributed by atoms with Crippen molar-refractivity contribution in [1.82, 2.24) is 14.8 Å². The Kier molecular flexibility index (Phi) is 2.70. The van der Waals surface area contributed by atoms with Crippen LogP contribution in [0.5, 0.6) is 0 Å². The molecule has 18 heavy (non-hydrogen) atoms. The molecule has 0 bridgehead atoms. The van der Waals surface area contributed by atoms with Crippen LogP contribution < -0.4 is 5.43 Å². The molecule has 0 unspecified atom stereocenters. The number of nitrogens with zero attached hydrogens (tertiary/aromatic N) is 2. The van der Waals surface area contributed by atoms with Crippen molar-refractivity contribution in [2.45, 2.75) is 0 Å². The Hall–Kier alpha value is -1.63. The van der Waals surface area contributed by atoms with Gasteiger partial charge >= 0.3 is 0 Å². The fourth-order valence-electron chi connectivity index (χ4n) is 2.00. The molecule has 0 spiro atoms. The number of H-pyrrole nitrogens is 1. The number of hydrogen-bond acceptors (Lipinski definition) is 2. The molecule has 2 aromatic heterocycles. The zero-order valence-corrected chi connectivity index (χ0v) is 11.8. The smallest absolute Gasteiger partial charge is 0.190 e. The van der Waals surface area contributed by atoms with Crippen molar-refractivity contribution < 1.29 is 0 Å². The molecule has 0 radical (unpaired) electrons. The lowest BCUT2D eigenvalue weighted by Gasteiger charge is -2.05. The van der Waals surface area contributed by atoms with Gasteiger partial charge in [0.2, 0.25) is 0 Å². The summed E-state index contributed by atoms with van der Waals surface area (Å²) in [5.74, 6) is 0. The maximum Gasteiger partial charge on any atom is 0.190 e. The number of aromatic nitrogens is 3. The lowest BCUT2D eigenvalue weighted by atomic mass is 10.1. The van der Waals surface area contributed by atoms with Crippen molar-refractivity contribution in [3.05, 3.63) is 50.3 Å². The van der Waals surface area contributed by atoms with Crippen LogP contribution >= 0.6 is 22.6 Å². The first-order chi connectivity index (χ1) is 8.65. The van der Waals surface area contributed by atoms with E-state index in [0.717, 1.165) is 20.5 Å². The fourth-order valence-corrected chi connectivity index (χ4v) is 2.49. The molecule has 0 aliphatic carbocycles. The van der Waals surface area contributed by atoms with Crippen molar-refractivity contribution in [2.24, 2.45) is 7.05 Å².